The van der Waals surface area contributed by atoms with Gasteiger partial charge in [0.1, 0.15) is 0 Å². The van der Waals surface area contributed by atoms with Crippen molar-refractivity contribution in [2.45, 2.75) is 13.8 Å². The predicted octanol–water partition coefficient (Wildman–Crippen LogP) is 13.6. The molecule has 0 bridgehead atoms. The molecule has 0 saturated heterocycles. The zero-order valence-electron chi connectivity index (χ0n) is 31.2. The number of halogens is 2. The van der Waals surface area contributed by atoms with Crippen molar-refractivity contribution in [3.63, 3.8) is 0 Å². The summed E-state index contributed by atoms with van der Waals surface area (Å²) in [7, 11) is 0. The summed E-state index contributed by atoms with van der Waals surface area (Å²) in [6.45, 7) is 7.34. The first kappa shape index (κ1) is 43.8. The van der Waals surface area contributed by atoms with Gasteiger partial charge in [0, 0.05) is 23.2 Å². The van der Waals surface area contributed by atoms with E-state index in [4.69, 9.17) is 0 Å². The van der Waals surface area contributed by atoms with Gasteiger partial charge in [-0.05, 0) is 35.4 Å². The minimum absolute atomic E-state index is 0. The van der Waals surface area contributed by atoms with Crippen LogP contribution in [0.2, 0.25) is 0 Å². The summed E-state index contributed by atoms with van der Waals surface area (Å²) in [6, 6.07) is 67.8. The standard InChI is InChI=1S/2C19H14N.2C6H5.2ClH.Si.Zr/c2*1-13-9-14-6-4-7-17(18(14)10-13)16-11-15-5-2-3-8-19(15)20-12-16;2*1-2-4-6-5-3-1;;;;/h2*2-12H,1H3;2*1-5H;2*1H;;/q4*-1;;;;. The Balaban J connectivity index is 0.000000181. The molecule has 10 aromatic rings. The third-order valence-corrected chi connectivity index (χ3v) is 8.81. The van der Waals surface area contributed by atoms with Gasteiger partial charge in [0.15, 0.2) is 0 Å². The van der Waals surface area contributed by atoms with Crippen molar-refractivity contribution in [3.8, 4) is 22.3 Å². The molecule has 2 aromatic heterocycles. The van der Waals surface area contributed by atoms with Crippen LogP contribution in [0.3, 0.4) is 0 Å². The number of nitrogens with zero attached hydrogens (tertiary/aromatic N) is 2. The number of benzene rings is 6. The quantitative estimate of drug-likeness (QED) is 0.128. The van der Waals surface area contributed by atoms with E-state index in [2.05, 4.69) is 140 Å². The van der Waals surface area contributed by atoms with Gasteiger partial charge < -0.3 is 0 Å². The molecule has 56 heavy (non-hydrogen) atoms. The molecule has 276 valence electrons. The molecule has 0 aliphatic rings. The number of fused-ring (bicyclic) bond motifs is 4. The SMILES string of the molecule is Cc1cc2c(-c3cnc4ccccc4c3)cccc2[cH-]1.Cc1cc2c(-c3cnc4ccccc4c3)cccc2[cH-]1.Cl.Cl.[Si]=[Zr].[c-]1ccccc1.[c-]1ccccc1. The van der Waals surface area contributed by atoms with Gasteiger partial charge in [0.05, 0.1) is 11.0 Å². The van der Waals surface area contributed by atoms with E-state index >= 15 is 0 Å². The molecule has 0 aliphatic carbocycles. The van der Waals surface area contributed by atoms with E-state index in [9.17, 15) is 0 Å². The molecule has 6 heteroatoms. The Morgan fingerprint density at radius 2 is 0.857 bits per heavy atom. The number of para-hydroxylation sites is 2. The van der Waals surface area contributed by atoms with E-state index in [0.29, 0.717) is 0 Å². The maximum absolute atomic E-state index is 4.57. The van der Waals surface area contributed by atoms with Gasteiger partial charge in [-0.25, -0.2) is 0 Å². The van der Waals surface area contributed by atoms with Gasteiger partial charge in [0.2, 0.25) is 0 Å². The topological polar surface area (TPSA) is 25.8 Å². The fraction of sp³-hybridized carbons (Fsp3) is 0.0400. The van der Waals surface area contributed by atoms with Crippen LogP contribution < -0.4 is 0 Å². The maximum Gasteiger partial charge on any atom is -0.171 e. The molecule has 0 aliphatic heterocycles. The molecule has 2 radical (unpaired) electrons. The summed E-state index contributed by atoms with van der Waals surface area (Å²) in [4.78, 5) is 9.14. The number of rotatable bonds is 2. The zero-order valence-corrected chi connectivity index (χ0v) is 36.3. The van der Waals surface area contributed by atoms with E-state index in [1.807, 2.05) is 97.3 Å². The first-order valence-corrected chi connectivity index (χ1v) is 21.9. The van der Waals surface area contributed by atoms with Crippen LogP contribution in [0.15, 0.2) is 194 Å². The molecule has 0 N–H and O–H groups in total. The molecule has 0 fully saturated rings. The number of hydrogen-bond donors (Lipinski definition) is 0. The van der Waals surface area contributed by atoms with Crippen molar-refractivity contribution in [2.24, 2.45) is 0 Å². The van der Waals surface area contributed by atoms with Crippen molar-refractivity contribution in [3.05, 3.63) is 218 Å². The monoisotopic (exact) mass is 856 g/mol. The minimum atomic E-state index is 0. The number of aromatic nitrogens is 2. The average molecular weight is 859 g/mol. The number of pyridine rings is 2. The molecular weight excluding hydrogens is 819 g/mol. The summed E-state index contributed by atoms with van der Waals surface area (Å²) in [5.74, 6) is 0. The van der Waals surface area contributed by atoms with Gasteiger partial charge in [0.25, 0.3) is 0 Å². The largest absolute Gasteiger partial charge is 0.184 e. The molecule has 0 unspecified atom stereocenters. The Kier molecular flexibility index (Phi) is 17.6. The van der Waals surface area contributed by atoms with Gasteiger partial charge in [-0.2, -0.15) is 84.9 Å². The molecule has 0 atom stereocenters. The maximum atomic E-state index is 4.57. The van der Waals surface area contributed by atoms with Crippen molar-refractivity contribution in [1.82, 2.24) is 9.97 Å². The van der Waals surface area contributed by atoms with Gasteiger partial charge in [-0.3, -0.25) is 9.97 Å². The Morgan fingerprint density at radius 3 is 1.21 bits per heavy atom. The van der Waals surface area contributed by atoms with Crippen molar-refractivity contribution >= 4 is 75.0 Å². The average Bonchev–Trinajstić information content (AvgIpc) is 3.84. The van der Waals surface area contributed by atoms with E-state index in [1.54, 1.807) is 0 Å². The van der Waals surface area contributed by atoms with Crippen LogP contribution >= 0.6 is 24.8 Å². The van der Waals surface area contributed by atoms with Crippen LogP contribution in [0.25, 0.3) is 65.6 Å². The summed E-state index contributed by atoms with van der Waals surface area (Å²) < 4.78 is 0. The van der Waals surface area contributed by atoms with Crippen LogP contribution in [0, 0.1) is 26.0 Å². The second-order valence-corrected chi connectivity index (χ2v) is 12.7. The first-order chi connectivity index (χ1) is 26.6. The fourth-order valence-electron chi connectivity index (χ4n) is 6.39. The third-order valence-electron chi connectivity index (χ3n) is 8.81. The Bertz CT molecular complexity index is 2450. The van der Waals surface area contributed by atoms with Gasteiger partial charge >= 0.3 is 30.2 Å². The summed E-state index contributed by atoms with van der Waals surface area (Å²) in [5, 5.41) is 7.58. The first-order valence-electron chi connectivity index (χ1n) is 17.7. The second-order valence-electron chi connectivity index (χ2n) is 12.7. The number of aryl methyl sites for hydroxylation is 2. The zero-order chi connectivity index (χ0) is 37.5. The van der Waals surface area contributed by atoms with E-state index < -0.39 is 0 Å². The van der Waals surface area contributed by atoms with Crippen LogP contribution in [-0.2, 0) is 23.3 Å². The summed E-state index contributed by atoms with van der Waals surface area (Å²) in [6.07, 6.45) is 3.94. The smallest absolute Gasteiger partial charge is 0.171 e. The normalized spacial score (nSPS) is 9.80. The third kappa shape index (κ3) is 11.5. The van der Waals surface area contributed by atoms with E-state index in [0.717, 1.165) is 11.0 Å². The minimum Gasteiger partial charge on any atom is -0.184 e. The Morgan fingerprint density at radius 1 is 0.464 bits per heavy atom. The summed E-state index contributed by atoms with van der Waals surface area (Å²) in [5.41, 5.74) is 9.58. The summed E-state index contributed by atoms with van der Waals surface area (Å²) >= 11 is 1.36. The molecule has 0 spiro atoms. The second kappa shape index (κ2) is 22.6. The van der Waals surface area contributed by atoms with Crippen LogP contribution in [0.1, 0.15) is 11.1 Å². The Labute approximate surface area is 359 Å². The Hall–Kier alpha value is -4.96. The van der Waals surface area contributed by atoms with Crippen LogP contribution in [0.4, 0.5) is 0 Å². The van der Waals surface area contributed by atoms with Crippen LogP contribution in [-0.4, -0.2) is 16.8 Å². The van der Waals surface area contributed by atoms with Gasteiger partial charge in [-0.1, -0.05) is 73.5 Å². The van der Waals surface area contributed by atoms with Crippen LogP contribution in [0.5, 0.6) is 0 Å². The molecule has 10 rings (SSSR count). The predicted molar refractivity (Wildman–Crippen MR) is 241 cm³/mol. The number of hydrogen-bond acceptors (Lipinski definition) is 2. The van der Waals surface area contributed by atoms with Crippen molar-refractivity contribution in [2.75, 3.05) is 0 Å². The molecule has 2 nitrogen and oxygen atoms in total. The van der Waals surface area contributed by atoms with E-state index in [1.165, 1.54) is 89.0 Å². The van der Waals surface area contributed by atoms with E-state index in [-0.39, 0.29) is 24.8 Å². The fourth-order valence-corrected chi connectivity index (χ4v) is 6.39. The van der Waals surface area contributed by atoms with Crippen molar-refractivity contribution in [1.29, 1.82) is 0 Å². The molecule has 0 amide bonds. The molecule has 8 aromatic carbocycles. The van der Waals surface area contributed by atoms with Crippen molar-refractivity contribution < 1.29 is 23.3 Å². The van der Waals surface area contributed by atoms with Gasteiger partial charge in [-0.15, -0.1) is 93.9 Å². The molecular formula is C50H40Cl2N2SiZr-4. The molecule has 2 heterocycles. The molecule has 0 saturated carbocycles.